The highest BCUT2D eigenvalue weighted by Crippen LogP contribution is 2.29. The number of hydrogen-bond acceptors (Lipinski definition) is 6. The molecule has 0 saturated carbocycles. The summed E-state index contributed by atoms with van der Waals surface area (Å²) in [6.45, 7) is 2.36. The van der Waals surface area contributed by atoms with Gasteiger partial charge in [0.15, 0.2) is 5.01 Å². The number of nitro groups is 1. The van der Waals surface area contributed by atoms with Gasteiger partial charge >= 0.3 is 0 Å². The van der Waals surface area contributed by atoms with Gasteiger partial charge in [0.1, 0.15) is 5.02 Å². The molecule has 0 radical (unpaired) electrons. The van der Waals surface area contributed by atoms with Crippen LogP contribution in [0.25, 0.3) is 11.1 Å². The second-order valence-electron chi connectivity index (χ2n) is 6.04. The van der Waals surface area contributed by atoms with Crippen LogP contribution in [0.2, 0.25) is 5.02 Å². The van der Waals surface area contributed by atoms with E-state index in [0.29, 0.717) is 17.1 Å². The second-order valence-corrected chi connectivity index (χ2v) is 7.83. The van der Waals surface area contributed by atoms with Crippen LogP contribution in [0.1, 0.15) is 31.5 Å². The third kappa shape index (κ3) is 5.38. The lowest BCUT2D eigenvalue weighted by Gasteiger charge is -2.03. The normalized spacial score (nSPS) is 11.3. The van der Waals surface area contributed by atoms with Crippen molar-refractivity contribution in [2.24, 2.45) is 0 Å². The van der Waals surface area contributed by atoms with E-state index in [0.717, 1.165) is 22.5 Å². The van der Waals surface area contributed by atoms with E-state index >= 15 is 0 Å². The van der Waals surface area contributed by atoms with Crippen molar-refractivity contribution in [3.63, 3.8) is 0 Å². The highest BCUT2D eigenvalue weighted by atomic mass is 35.5. The van der Waals surface area contributed by atoms with Crippen LogP contribution >= 0.6 is 34.5 Å². The van der Waals surface area contributed by atoms with Crippen LogP contribution in [0.5, 0.6) is 0 Å². The van der Waals surface area contributed by atoms with Crippen molar-refractivity contribution < 1.29 is 9.72 Å². The lowest BCUT2D eigenvalue weighted by atomic mass is 10.1. The van der Waals surface area contributed by atoms with Crippen LogP contribution in [0.15, 0.2) is 42.5 Å². The average molecular weight is 449 g/mol. The van der Waals surface area contributed by atoms with Gasteiger partial charge in [0.2, 0.25) is 5.01 Å². The highest BCUT2D eigenvalue weighted by Gasteiger charge is 2.16. The Labute approximate surface area is 180 Å². The van der Waals surface area contributed by atoms with Crippen molar-refractivity contribution in [3.05, 3.63) is 84.3 Å². The Balaban J connectivity index is 1.70. The number of aromatic nitrogens is 2. The van der Waals surface area contributed by atoms with E-state index in [1.54, 1.807) is 6.07 Å². The summed E-state index contributed by atoms with van der Waals surface area (Å²) in [6.07, 6.45) is 1.50. The van der Waals surface area contributed by atoms with Crippen molar-refractivity contribution in [3.8, 4) is 0 Å². The second kappa shape index (κ2) is 9.13. The molecule has 1 amide bonds. The lowest BCUT2D eigenvalue weighted by molar-refractivity contribution is -0.384. The van der Waals surface area contributed by atoms with Gasteiger partial charge in [0, 0.05) is 12.6 Å². The first-order valence-electron chi connectivity index (χ1n) is 8.32. The van der Waals surface area contributed by atoms with Gasteiger partial charge in [0.25, 0.3) is 11.6 Å². The molecule has 1 heterocycles. The maximum Gasteiger partial charge on any atom is 0.288 e. The summed E-state index contributed by atoms with van der Waals surface area (Å²) in [7, 11) is 0. The largest absolute Gasteiger partial charge is 0.346 e. The Morgan fingerprint density at radius 1 is 1.21 bits per heavy atom. The number of amides is 1. The van der Waals surface area contributed by atoms with E-state index in [-0.39, 0.29) is 26.7 Å². The number of rotatable bonds is 6. The van der Waals surface area contributed by atoms with Crippen LogP contribution in [0, 0.1) is 17.0 Å². The Morgan fingerprint density at radius 3 is 2.59 bits per heavy atom. The van der Waals surface area contributed by atoms with Crippen molar-refractivity contribution in [1.82, 2.24) is 15.5 Å². The van der Waals surface area contributed by atoms with Crippen molar-refractivity contribution in [2.45, 2.75) is 13.5 Å². The number of nitrogens with one attached hydrogen (secondary N) is 1. The fraction of sp³-hybridized carbons (Fsp3) is 0.105. The first kappa shape index (κ1) is 20.9. The first-order chi connectivity index (χ1) is 13.8. The zero-order chi connectivity index (χ0) is 21.0. The molecule has 0 aliphatic heterocycles. The Kier molecular flexibility index (Phi) is 6.58. The number of hydrogen-bond donors (Lipinski definition) is 1. The van der Waals surface area contributed by atoms with Gasteiger partial charge in [0.05, 0.1) is 9.96 Å². The molecule has 3 rings (SSSR count). The summed E-state index contributed by atoms with van der Waals surface area (Å²) in [5, 5.41) is 22.3. The van der Waals surface area contributed by atoms with Gasteiger partial charge in [-0.1, -0.05) is 70.4 Å². The molecule has 0 spiro atoms. The van der Waals surface area contributed by atoms with Gasteiger partial charge in [-0.2, -0.15) is 0 Å². The van der Waals surface area contributed by atoms with E-state index in [1.165, 1.54) is 18.2 Å². The molecule has 7 nitrogen and oxygen atoms in total. The molecule has 10 heteroatoms. The molecule has 0 fully saturated rings. The molecular formula is C19H14Cl2N4O3S. The summed E-state index contributed by atoms with van der Waals surface area (Å²) in [5.41, 5.74) is 2.36. The third-order valence-corrected chi connectivity index (χ3v) is 5.53. The summed E-state index contributed by atoms with van der Waals surface area (Å²) in [6, 6.07) is 12.1. The standard InChI is InChI=1S/C19H14Cl2N4O3S/c1-11-2-4-12(5-3-11)10-22-17(26)19-24-23-18(29-19)15(21)8-13-6-7-14(20)16(9-13)25(27)28/h2-9H,10H2,1H3,(H,22,26)/b15-8-. The SMILES string of the molecule is Cc1ccc(CNC(=O)c2nnc(/C(Cl)=C/c3ccc(Cl)c([N+](=O)[O-])c3)s2)cc1. The number of halogens is 2. The van der Waals surface area contributed by atoms with E-state index in [2.05, 4.69) is 15.5 Å². The number of nitro benzene ring substituents is 1. The molecule has 0 unspecified atom stereocenters. The minimum atomic E-state index is -0.574. The van der Waals surface area contributed by atoms with Crippen LogP contribution in [0.3, 0.4) is 0 Å². The molecule has 3 aromatic rings. The minimum Gasteiger partial charge on any atom is -0.346 e. The van der Waals surface area contributed by atoms with Gasteiger partial charge in [-0.15, -0.1) is 10.2 Å². The smallest absolute Gasteiger partial charge is 0.288 e. The number of benzene rings is 2. The van der Waals surface area contributed by atoms with Crippen LogP contribution in [-0.2, 0) is 6.54 Å². The monoisotopic (exact) mass is 448 g/mol. The summed E-state index contributed by atoms with van der Waals surface area (Å²) in [4.78, 5) is 22.7. The maximum absolute atomic E-state index is 12.3. The van der Waals surface area contributed by atoms with Crippen molar-refractivity contribution >= 4 is 57.2 Å². The predicted octanol–water partition coefficient (Wildman–Crippen LogP) is 5.08. The van der Waals surface area contributed by atoms with Gasteiger partial charge < -0.3 is 5.32 Å². The number of carbonyl (C=O) groups excluding carboxylic acids is 1. The quantitative estimate of drug-likeness (QED) is 0.418. The molecule has 0 atom stereocenters. The molecule has 2 aromatic carbocycles. The lowest BCUT2D eigenvalue weighted by Crippen LogP contribution is -2.22. The molecule has 29 heavy (non-hydrogen) atoms. The van der Waals surface area contributed by atoms with Crippen molar-refractivity contribution in [1.29, 1.82) is 0 Å². The third-order valence-electron chi connectivity index (χ3n) is 3.86. The summed E-state index contributed by atoms with van der Waals surface area (Å²) in [5.74, 6) is -0.360. The first-order valence-corrected chi connectivity index (χ1v) is 9.89. The van der Waals surface area contributed by atoms with Gasteiger partial charge in [-0.3, -0.25) is 14.9 Å². The van der Waals surface area contributed by atoms with Crippen LogP contribution in [0.4, 0.5) is 5.69 Å². The number of nitrogens with zero attached hydrogens (tertiary/aromatic N) is 3. The van der Waals surface area contributed by atoms with Gasteiger partial charge in [-0.05, 0) is 30.2 Å². The zero-order valence-corrected chi connectivity index (χ0v) is 17.4. The zero-order valence-electron chi connectivity index (χ0n) is 15.1. The molecule has 0 bridgehead atoms. The Hall–Kier alpha value is -2.81. The maximum atomic E-state index is 12.3. The topological polar surface area (TPSA) is 98.0 Å². The average Bonchev–Trinajstić information content (AvgIpc) is 3.19. The Bertz CT molecular complexity index is 1100. The van der Waals surface area contributed by atoms with Crippen LogP contribution in [-0.4, -0.2) is 21.0 Å². The fourth-order valence-electron chi connectivity index (χ4n) is 2.34. The van der Waals surface area contributed by atoms with Crippen molar-refractivity contribution in [2.75, 3.05) is 0 Å². The number of carbonyl (C=O) groups is 1. The summed E-state index contributed by atoms with van der Waals surface area (Å²) >= 11 is 13.1. The minimum absolute atomic E-state index is 0.0340. The van der Waals surface area contributed by atoms with Crippen LogP contribution < -0.4 is 5.32 Å². The molecule has 148 valence electrons. The predicted molar refractivity (Wildman–Crippen MR) is 114 cm³/mol. The molecule has 0 saturated heterocycles. The molecule has 1 N–H and O–H groups in total. The molecule has 0 aliphatic carbocycles. The number of aryl methyl sites for hydroxylation is 1. The van der Waals surface area contributed by atoms with E-state index in [9.17, 15) is 14.9 Å². The van der Waals surface area contributed by atoms with E-state index in [4.69, 9.17) is 23.2 Å². The molecule has 0 aliphatic rings. The summed E-state index contributed by atoms with van der Waals surface area (Å²) < 4.78 is 0. The Morgan fingerprint density at radius 2 is 1.90 bits per heavy atom. The molecule has 1 aromatic heterocycles. The van der Waals surface area contributed by atoms with E-state index in [1.807, 2.05) is 31.2 Å². The highest BCUT2D eigenvalue weighted by molar-refractivity contribution is 7.15. The van der Waals surface area contributed by atoms with Gasteiger partial charge in [-0.25, -0.2) is 0 Å². The van der Waals surface area contributed by atoms with E-state index < -0.39 is 4.92 Å². The fourth-order valence-corrected chi connectivity index (χ4v) is 3.48. The molecular weight excluding hydrogens is 435 g/mol.